The maximum atomic E-state index is 10.8. The minimum absolute atomic E-state index is 0.137. The van der Waals surface area contributed by atoms with E-state index in [9.17, 15) is 28.8 Å². The molecule has 9 nitrogen and oxygen atoms in total. The average Bonchev–Trinajstić information content (AvgIpc) is 2.60. The molecule has 2 rings (SSSR count). The molecule has 1 aromatic carbocycles. The van der Waals surface area contributed by atoms with Crippen LogP contribution in [0, 0.1) is 5.92 Å². The van der Waals surface area contributed by atoms with Gasteiger partial charge in [-0.15, -0.1) is 11.8 Å². The quantitative estimate of drug-likeness (QED) is 0.182. The Bertz CT molecular complexity index is 710. The second kappa shape index (κ2) is 9.13. The molecule has 0 amide bonds. The fourth-order valence-corrected chi connectivity index (χ4v) is 4.26. The molecule has 1 aliphatic rings. The largest absolute Gasteiger partial charge is 0.466 e. The van der Waals surface area contributed by atoms with Crippen LogP contribution in [0.1, 0.15) is 12.0 Å². The van der Waals surface area contributed by atoms with E-state index in [0.29, 0.717) is 0 Å². The molecule has 5 N–H and O–H groups in total. The van der Waals surface area contributed by atoms with Crippen molar-refractivity contribution in [1.29, 1.82) is 0 Å². The number of aliphatic hydroxyl groups excluding tert-OH is 4. The Hall–Kier alpha value is -1.21. The van der Waals surface area contributed by atoms with Crippen LogP contribution in [0.25, 0.3) is 0 Å². The van der Waals surface area contributed by atoms with Gasteiger partial charge in [0.2, 0.25) is 0 Å². The van der Waals surface area contributed by atoms with Gasteiger partial charge in [-0.2, -0.15) is 8.42 Å². The molecule has 26 heavy (non-hydrogen) atoms. The van der Waals surface area contributed by atoms with Gasteiger partial charge in [0.1, 0.15) is 11.1 Å². The normalized spacial score (nSPS) is 30.2. The third kappa shape index (κ3) is 5.91. The molecule has 5 atom stereocenters. The lowest BCUT2D eigenvalue weighted by molar-refractivity contribution is -0.114. The Labute approximate surface area is 155 Å². The van der Waals surface area contributed by atoms with E-state index in [4.69, 9.17) is 4.55 Å². The summed E-state index contributed by atoms with van der Waals surface area (Å²) in [7, 11) is -4.79. The lowest BCUT2D eigenvalue weighted by Gasteiger charge is -2.39. The predicted molar refractivity (Wildman–Crippen MR) is 94.8 cm³/mol. The molecule has 0 radical (unpaired) electrons. The molecule has 0 bridgehead atoms. The molecule has 146 valence electrons. The van der Waals surface area contributed by atoms with Gasteiger partial charge >= 0.3 is 10.4 Å². The van der Waals surface area contributed by atoms with Crippen LogP contribution < -0.4 is 0 Å². The Morgan fingerprint density at radius 3 is 2.38 bits per heavy atom. The summed E-state index contributed by atoms with van der Waals surface area (Å²) in [5.74, 6) is -0.647. The summed E-state index contributed by atoms with van der Waals surface area (Å²) in [6.45, 7) is -0.380. The predicted octanol–water partition coefficient (Wildman–Crippen LogP) is -0.441. The Morgan fingerprint density at radius 1 is 1.15 bits per heavy atom. The van der Waals surface area contributed by atoms with Crippen molar-refractivity contribution in [1.82, 2.24) is 0 Å². The Kier molecular flexibility index (Phi) is 7.41. The van der Waals surface area contributed by atoms with E-state index < -0.39 is 39.9 Å². The summed E-state index contributed by atoms with van der Waals surface area (Å²) >= 11 is 0.951. The Balaban J connectivity index is 2.19. The fourth-order valence-electron chi connectivity index (χ4n) is 2.71. The molecule has 0 spiro atoms. The lowest BCUT2D eigenvalue weighted by Crippen LogP contribution is -2.53. The second-order valence-electron chi connectivity index (χ2n) is 5.96. The van der Waals surface area contributed by atoms with Crippen molar-refractivity contribution in [2.75, 3.05) is 6.61 Å². The molecule has 1 saturated carbocycles. The van der Waals surface area contributed by atoms with Crippen LogP contribution >= 0.6 is 11.8 Å². The standard InChI is InChI=1S/C15H21NO8S2/c17-8-10-7-11(14(19)15(20)13(10)18)25-12(16-24-26(21,22)23)6-9-4-2-1-3-5-9/h1-5,10-11,13-15,17-20H,6-8H2,(H,21,22,23)/b16-12-/t10?,11?,13-,14-,15-/m0/s1. The fraction of sp³-hybridized carbons (Fsp3) is 0.533. The first-order valence-corrected chi connectivity index (χ1v) is 10.0. The van der Waals surface area contributed by atoms with Gasteiger partial charge in [0.05, 0.1) is 12.2 Å². The van der Waals surface area contributed by atoms with Crippen LogP contribution in [0.15, 0.2) is 35.5 Å². The Morgan fingerprint density at radius 2 is 1.81 bits per heavy atom. The van der Waals surface area contributed by atoms with Crippen LogP contribution in [-0.2, 0) is 21.1 Å². The number of hydrogen-bond acceptors (Lipinski definition) is 9. The number of rotatable bonds is 6. The summed E-state index contributed by atoms with van der Waals surface area (Å²) in [6, 6.07) is 8.90. The molecule has 11 heteroatoms. The van der Waals surface area contributed by atoms with Gasteiger partial charge in [-0.05, 0) is 12.0 Å². The van der Waals surface area contributed by atoms with Gasteiger partial charge in [0.25, 0.3) is 0 Å². The monoisotopic (exact) mass is 407 g/mol. The van der Waals surface area contributed by atoms with E-state index in [1.54, 1.807) is 30.3 Å². The summed E-state index contributed by atoms with van der Waals surface area (Å²) in [5.41, 5.74) is 0.780. The van der Waals surface area contributed by atoms with Gasteiger partial charge in [0, 0.05) is 24.2 Å². The highest BCUT2D eigenvalue weighted by Crippen LogP contribution is 2.34. The van der Waals surface area contributed by atoms with Crippen molar-refractivity contribution < 1.29 is 37.7 Å². The van der Waals surface area contributed by atoms with E-state index in [-0.39, 0.29) is 24.5 Å². The molecule has 1 fully saturated rings. The number of thioether (sulfide) groups is 1. The van der Waals surface area contributed by atoms with Gasteiger partial charge in [-0.3, -0.25) is 4.55 Å². The van der Waals surface area contributed by atoms with Crippen LogP contribution in [0.2, 0.25) is 0 Å². The maximum absolute atomic E-state index is 10.8. The summed E-state index contributed by atoms with van der Waals surface area (Å²) in [4.78, 5) is 0. The molecule has 0 saturated heterocycles. The van der Waals surface area contributed by atoms with E-state index in [1.165, 1.54) is 0 Å². The number of benzene rings is 1. The molecular weight excluding hydrogens is 386 g/mol. The number of aliphatic hydroxyl groups is 4. The summed E-state index contributed by atoms with van der Waals surface area (Å²) in [5, 5.41) is 42.2. The first kappa shape index (κ1) is 21.1. The van der Waals surface area contributed by atoms with Crippen molar-refractivity contribution in [3.8, 4) is 0 Å². The van der Waals surface area contributed by atoms with Gasteiger partial charge < -0.3 is 20.4 Å². The van der Waals surface area contributed by atoms with Crippen LogP contribution in [0.5, 0.6) is 0 Å². The zero-order valence-electron chi connectivity index (χ0n) is 13.6. The number of hydrogen-bond donors (Lipinski definition) is 5. The highest BCUT2D eigenvalue weighted by molar-refractivity contribution is 8.14. The van der Waals surface area contributed by atoms with Gasteiger partial charge in [-0.1, -0.05) is 35.5 Å². The van der Waals surface area contributed by atoms with Crippen molar-refractivity contribution in [3.63, 3.8) is 0 Å². The molecule has 0 aromatic heterocycles. The highest BCUT2D eigenvalue weighted by Gasteiger charge is 2.43. The van der Waals surface area contributed by atoms with Crippen LogP contribution in [-0.4, -0.2) is 68.6 Å². The smallest absolute Gasteiger partial charge is 0.396 e. The van der Waals surface area contributed by atoms with Crippen molar-refractivity contribution >= 4 is 27.2 Å². The van der Waals surface area contributed by atoms with Crippen LogP contribution in [0.4, 0.5) is 0 Å². The second-order valence-corrected chi connectivity index (χ2v) is 8.27. The average molecular weight is 407 g/mol. The maximum Gasteiger partial charge on any atom is 0.466 e. The summed E-state index contributed by atoms with van der Waals surface area (Å²) in [6.07, 6.45) is -3.72. The number of oxime groups is 1. The third-order valence-corrected chi connectivity index (χ3v) is 5.58. The summed E-state index contributed by atoms with van der Waals surface area (Å²) < 4.78 is 34.4. The molecule has 0 aliphatic heterocycles. The minimum Gasteiger partial charge on any atom is -0.396 e. The van der Waals surface area contributed by atoms with Gasteiger partial charge in [0.15, 0.2) is 0 Å². The van der Waals surface area contributed by atoms with Crippen LogP contribution in [0.3, 0.4) is 0 Å². The zero-order valence-corrected chi connectivity index (χ0v) is 15.3. The third-order valence-electron chi connectivity index (χ3n) is 4.05. The van der Waals surface area contributed by atoms with E-state index in [2.05, 4.69) is 9.44 Å². The van der Waals surface area contributed by atoms with Crippen molar-refractivity contribution in [2.45, 2.75) is 36.4 Å². The first-order valence-electron chi connectivity index (χ1n) is 7.80. The van der Waals surface area contributed by atoms with Crippen molar-refractivity contribution in [2.24, 2.45) is 11.1 Å². The first-order chi connectivity index (χ1) is 12.2. The lowest BCUT2D eigenvalue weighted by atomic mass is 9.83. The van der Waals surface area contributed by atoms with Crippen molar-refractivity contribution in [3.05, 3.63) is 35.9 Å². The SMILES string of the molecule is O=S(=O)(O)O/N=C(/Cc1ccccc1)SC1CC(CO)[C@H](O)[C@H](O)[C@H]1O. The molecule has 0 heterocycles. The molecular formula is C15H21NO8S2. The van der Waals surface area contributed by atoms with E-state index >= 15 is 0 Å². The minimum atomic E-state index is -4.79. The van der Waals surface area contributed by atoms with E-state index in [1.807, 2.05) is 0 Å². The molecule has 1 aliphatic carbocycles. The van der Waals surface area contributed by atoms with Gasteiger partial charge in [-0.25, -0.2) is 4.28 Å². The topological polar surface area (TPSA) is 157 Å². The zero-order chi connectivity index (χ0) is 19.3. The number of nitrogens with zero attached hydrogens (tertiary/aromatic N) is 1. The highest BCUT2D eigenvalue weighted by atomic mass is 32.3. The molecule has 2 unspecified atom stereocenters. The van der Waals surface area contributed by atoms with E-state index in [0.717, 1.165) is 17.3 Å². The molecule has 1 aromatic rings.